The monoisotopic (exact) mass is 272 g/mol. The first-order valence-electron chi connectivity index (χ1n) is 7.17. The first kappa shape index (κ1) is 14.6. The molecule has 0 saturated heterocycles. The number of primary amides is 1. The summed E-state index contributed by atoms with van der Waals surface area (Å²) in [7, 11) is 2.08. The van der Waals surface area contributed by atoms with Crippen LogP contribution in [0.5, 0.6) is 0 Å². The number of amides is 1. The maximum Gasteiger partial charge on any atom is 0.248 e. The van der Waals surface area contributed by atoms with Crippen LogP contribution in [0.25, 0.3) is 0 Å². The second kappa shape index (κ2) is 5.31. The zero-order chi connectivity index (χ0) is 14.9. The molecule has 2 N–H and O–H groups in total. The third-order valence-corrected chi connectivity index (χ3v) is 4.25. The summed E-state index contributed by atoms with van der Waals surface area (Å²) in [4.78, 5) is 13.5. The van der Waals surface area contributed by atoms with Gasteiger partial charge in [0.25, 0.3) is 0 Å². The summed E-state index contributed by atoms with van der Waals surface area (Å²) in [5, 5.41) is 0. The Kier molecular flexibility index (Phi) is 3.89. The van der Waals surface area contributed by atoms with Gasteiger partial charge in [0, 0.05) is 29.4 Å². The van der Waals surface area contributed by atoms with Gasteiger partial charge in [-0.15, -0.1) is 0 Å². The quantitative estimate of drug-likeness (QED) is 0.911. The number of anilines is 1. The molecular weight excluding hydrogens is 248 g/mol. The van der Waals surface area contributed by atoms with Gasteiger partial charge in [-0.05, 0) is 44.4 Å². The van der Waals surface area contributed by atoms with E-state index in [0.29, 0.717) is 5.56 Å². The summed E-state index contributed by atoms with van der Waals surface area (Å²) in [5.74, 6) is -0.381. The lowest BCUT2D eigenvalue weighted by Crippen LogP contribution is -2.32. The van der Waals surface area contributed by atoms with Gasteiger partial charge in [0.05, 0.1) is 0 Å². The summed E-state index contributed by atoms with van der Waals surface area (Å²) >= 11 is 0. The number of carbonyl (C=O) groups excluding carboxylic acids is 1. The molecule has 1 aliphatic carbocycles. The number of benzene rings is 1. The van der Waals surface area contributed by atoms with E-state index >= 15 is 0 Å². The number of nitrogens with two attached hydrogens (primary N) is 1. The fraction of sp³-hybridized carbons (Fsp3) is 0.471. The van der Waals surface area contributed by atoms with Crippen molar-refractivity contribution in [3.63, 3.8) is 0 Å². The minimum absolute atomic E-state index is 0.166. The second-order valence-electron chi connectivity index (χ2n) is 6.34. The largest absolute Gasteiger partial charge is 0.366 e. The van der Waals surface area contributed by atoms with Crippen LogP contribution in [0.1, 0.15) is 50.4 Å². The van der Waals surface area contributed by atoms with E-state index in [2.05, 4.69) is 32.7 Å². The molecule has 1 aromatic carbocycles. The Morgan fingerprint density at radius 2 is 2.05 bits per heavy atom. The molecule has 20 heavy (non-hydrogen) atoms. The molecular formula is C17H24N2O. The van der Waals surface area contributed by atoms with E-state index in [1.807, 2.05) is 18.2 Å². The predicted molar refractivity (Wildman–Crippen MR) is 83.7 cm³/mol. The van der Waals surface area contributed by atoms with Crippen molar-refractivity contribution >= 4 is 11.6 Å². The van der Waals surface area contributed by atoms with Crippen molar-refractivity contribution in [1.82, 2.24) is 0 Å². The van der Waals surface area contributed by atoms with E-state index in [9.17, 15) is 4.79 Å². The highest BCUT2D eigenvalue weighted by Gasteiger charge is 2.31. The van der Waals surface area contributed by atoms with Gasteiger partial charge in [-0.1, -0.05) is 25.5 Å². The van der Waals surface area contributed by atoms with Crippen molar-refractivity contribution in [2.75, 3.05) is 11.9 Å². The van der Waals surface area contributed by atoms with E-state index in [0.717, 1.165) is 12.1 Å². The van der Waals surface area contributed by atoms with Crippen LogP contribution < -0.4 is 10.6 Å². The fourth-order valence-corrected chi connectivity index (χ4v) is 3.35. The summed E-state index contributed by atoms with van der Waals surface area (Å²) < 4.78 is 0. The van der Waals surface area contributed by atoms with E-state index < -0.39 is 0 Å². The first-order valence-corrected chi connectivity index (χ1v) is 7.17. The summed E-state index contributed by atoms with van der Waals surface area (Å²) in [5.41, 5.74) is 9.92. The lowest BCUT2D eigenvalue weighted by atomic mass is 9.76. The molecule has 108 valence electrons. The molecule has 1 aliphatic rings. The van der Waals surface area contributed by atoms with Crippen molar-refractivity contribution in [1.29, 1.82) is 0 Å². The minimum Gasteiger partial charge on any atom is -0.366 e. The van der Waals surface area contributed by atoms with Crippen LogP contribution >= 0.6 is 0 Å². The van der Waals surface area contributed by atoms with Gasteiger partial charge < -0.3 is 10.6 Å². The van der Waals surface area contributed by atoms with Crippen LogP contribution in [-0.4, -0.2) is 13.0 Å². The highest BCUT2D eigenvalue weighted by molar-refractivity contribution is 5.93. The van der Waals surface area contributed by atoms with Gasteiger partial charge >= 0.3 is 0 Å². The molecule has 1 amide bonds. The Morgan fingerprint density at radius 3 is 2.65 bits per heavy atom. The van der Waals surface area contributed by atoms with Gasteiger partial charge in [-0.2, -0.15) is 0 Å². The van der Waals surface area contributed by atoms with E-state index in [4.69, 9.17) is 5.73 Å². The van der Waals surface area contributed by atoms with Crippen molar-refractivity contribution < 1.29 is 4.79 Å². The van der Waals surface area contributed by atoms with E-state index in [1.165, 1.54) is 24.1 Å². The number of nitrogens with zero attached hydrogens (tertiary/aromatic N) is 1. The maximum atomic E-state index is 11.3. The van der Waals surface area contributed by atoms with Crippen LogP contribution in [-0.2, 0) is 0 Å². The molecule has 0 aliphatic heterocycles. The molecule has 2 rings (SSSR count). The van der Waals surface area contributed by atoms with E-state index in [1.54, 1.807) is 6.07 Å². The van der Waals surface area contributed by atoms with Crippen molar-refractivity contribution in [3.05, 3.63) is 41.1 Å². The lowest BCUT2D eigenvalue weighted by molar-refractivity contribution is 0.100. The number of hydrogen-bond acceptors (Lipinski definition) is 2. The molecule has 3 nitrogen and oxygen atoms in total. The number of carbonyl (C=O) groups is 1. The van der Waals surface area contributed by atoms with Gasteiger partial charge in [0.15, 0.2) is 0 Å². The van der Waals surface area contributed by atoms with Gasteiger partial charge in [0.2, 0.25) is 5.91 Å². The Morgan fingerprint density at radius 1 is 1.35 bits per heavy atom. The third-order valence-electron chi connectivity index (χ3n) is 4.25. The zero-order valence-corrected chi connectivity index (χ0v) is 12.9. The molecule has 0 unspecified atom stereocenters. The smallest absolute Gasteiger partial charge is 0.248 e. The maximum absolute atomic E-state index is 11.3. The Hall–Kier alpha value is -1.77. The molecule has 0 aromatic heterocycles. The van der Waals surface area contributed by atoms with Crippen molar-refractivity contribution in [2.24, 2.45) is 11.1 Å². The molecule has 0 spiro atoms. The number of allylic oxidation sites excluding steroid dienone is 2. The molecule has 0 fully saturated rings. The number of rotatable bonds is 3. The highest BCUT2D eigenvalue weighted by atomic mass is 16.1. The molecule has 0 atom stereocenters. The first-order chi connectivity index (χ1) is 9.33. The lowest BCUT2D eigenvalue weighted by Gasteiger charge is -2.40. The molecule has 3 heteroatoms. The topological polar surface area (TPSA) is 46.3 Å². The molecule has 0 bridgehead atoms. The Bertz CT molecular complexity index is 558. The fourth-order valence-electron chi connectivity index (χ4n) is 3.35. The van der Waals surface area contributed by atoms with Gasteiger partial charge in [-0.25, -0.2) is 0 Å². The Balaban J connectivity index is 2.42. The van der Waals surface area contributed by atoms with Crippen LogP contribution in [0.4, 0.5) is 5.69 Å². The van der Waals surface area contributed by atoms with Crippen LogP contribution in [0.15, 0.2) is 35.5 Å². The van der Waals surface area contributed by atoms with Crippen LogP contribution in [0.2, 0.25) is 0 Å². The minimum atomic E-state index is -0.381. The molecule has 0 heterocycles. The third kappa shape index (κ3) is 2.72. The molecule has 1 aromatic rings. The number of hydrogen-bond donors (Lipinski definition) is 1. The Labute approximate surface area is 121 Å². The standard InChI is InChI=1S/C17H24N2O/c1-12-7-6-10-17(2,3)15(12)19(4)14-9-5-8-13(11-14)16(18)20/h5,8-9,11H,6-7,10H2,1-4H3,(H2,18,20). The average Bonchev–Trinajstić information content (AvgIpc) is 2.37. The average molecular weight is 272 g/mol. The SMILES string of the molecule is CC1=C(N(C)c2cccc(C(N)=O)c2)C(C)(C)CCC1. The highest BCUT2D eigenvalue weighted by Crippen LogP contribution is 2.42. The van der Waals surface area contributed by atoms with Gasteiger partial charge in [0.1, 0.15) is 0 Å². The summed E-state index contributed by atoms with van der Waals surface area (Å²) in [6, 6.07) is 7.54. The normalized spacial score (nSPS) is 18.0. The van der Waals surface area contributed by atoms with Crippen LogP contribution in [0, 0.1) is 5.41 Å². The van der Waals surface area contributed by atoms with Crippen LogP contribution in [0.3, 0.4) is 0 Å². The molecule has 0 saturated carbocycles. The van der Waals surface area contributed by atoms with Crippen molar-refractivity contribution in [3.8, 4) is 0 Å². The summed E-state index contributed by atoms with van der Waals surface area (Å²) in [6.07, 6.45) is 3.59. The second-order valence-corrected chi connectivity index (χ2v) is 6.34. The van der Waals surface area contributed by atoms with Crippen molar-refractivity contribution in [2.45, 2.75) is 40.0 Å². The molecule has 0 radical (unpaired) electrons. The zero-order valence-electron chi connectivity index (χ0n) is 12.9. The predicted octanol–water partition coefficient (Wildman–Crippen LogP) is 3.71. The van der Waals surface area contributed by atoms with E-state index in [-0.39, 0.29) is 11.3 Å². The summed E-state index contributed by atoms with van der Waals surface area (Å²) in [6.45, 7) is 6.80. The van der Waals surface area contributed by atoms with Gasteiger partial charge in [-0.3, -0.25) is 4.79 Å².